The van der Waals surface area contributed by atoms with Gasteiger partial charge in [-0.1, -0.05) is 54.6 Å². The number of aliphatic carboxylic acids is 1. The van der Waals surface area contributed by atoms with E-state index in [1.54, 1.807) is 56.6 Å². The molecule has 37 heavy (non-hydrogen) atoms. The van der Waals surface area contributed by atoms with E-state index >= 15 is 0 Å². The van der Waals surface area contributed by atoms with Crippen molar-refractivity contribution < 1.29 is 27.5 Å². The highest BCUT2D eigenvalue weighted by molar-refractivity contribution is 7.98. The zero-order chi connectivity index (χ0) is 26.4. The quantitative estimate of drug-likeness (QED) is 0.272. The maximum atomic E-state index is 13.3. The Labute approximate surface area is 219 Å². The van der Waals surface area contributed by atoms with Gasteiger partial charge in [0.1, 0.15) is 17.6 Å². The van der Waals surface area contributed by atoms with E-state index in [1.165, 1.54) is 23.9 Å². The maximum absolute atomic E-state index is 13.3. The zero-order valence-electron chi connectivity index (χ0n) is 20.2. The molecular formula is C27H26N2O6S2. The number of thioether (sulfide) groups is 1. The van der Waals surface area contributed by atoms with Gasteiger partial charge in [0.25, 0.3) is 0 Å². The number of carboxylic acid groups (broad SMARTS) is 1. The minimum absolute atomic E-state index is 0.0313. The van der Waals surface area contributed by atoms with Gasteiger partial charge >= 0.3 is 5.97 Å². The van der Waals surface area contributed by atoms with Gasteiger partial charge < -0.3 is 14.3 Å². The Kier molecular flexibility index (Phi) is 8.32. The molecule has 0 bridgehead atoms. The van der Waals surface area contributed by atoms with Gasteiger partial charge in [-0.3, -0.25) is 4.79 Å². The molecule has 0 fully saturated rings. The van der Waals surface area contributed by atoms with Crippen molar-refractivity contribution in [2.45, 2.75) is 28.9 Å². The molecule has 0 saturated carbocycles. The SMILES string of the molecule is COc1ccc(-c2ccc(S(=O)(=O)N[C@@H](C(=O)O)[C@H](SCc3ncc(C)o3)c3ccccc3)cc2)cc1. The average molecular weight is 539 g/mol. The fraction of sp³-hybridized carbons (Fsp3) is 0.185. The number of hydrogen-bond donors (Lipinski definition) is 2. The number of rotatable bonds is 11. The summed E-state index contributed by atoms with van der Waals surface area (Å²) < 4.78 is 39.6. The first-order valence-corrected chi connectivity index (χ1v) is 13.9. The number of benzene rings is 3. The summed E-state index contributed by atoms with van der Waals surface area (Å²) in [5.74, 6) is 0.777. The fourth-order valence-corrected chi connectivity index (χ4v) is 6.21. The summed E-state index contributed by atoms with van der Waals surface area (Å²) in [4.78, 5) is 16.5. The number of methoxy groups -OCH3 is 1. The van der Waals surface area contributed by atoms with Crippen LogP contribution in [0.25, 0.3) is 11.1 Å². The number of ether oxygens (including phenoxy) is 1. The highest BCUT2D eigenvalue weighted by Gasteiger charge is 2.34. The minimum Gasteiger partial charge on any atom is -0.497 e. The third kappa shape index (κ3) is 6.59. The van der Waals surface area contributed by atoms with Gasteiger partial charge in [0.2, 0.25) is 15.9 Å². The summed E-state index contributed by atoms with van der Waals surface area (Å²) in [6.45, 7) is 1.77. The normalized spacial score (nSPS) is 13.1. The molecule has 4 aromatic rings. The smallest absolute Gasteiger partial charge is 0.323 e. The Morgan fingerprint density at radius 3 is 2.19 bits per heavy atom. The number of aromatic nitrogens is 1. The molecular weight excluding hydrogens is 512 g/mol. The first kappa shape index (κ1) is 26.5. The highest BCUT2D eigenvalue weighted by atomic mass is 32.2. The van der Waals surface area contributed by atoms with Crippen LogP contribution in [0.15, 0.2) is 94.4 Å². The van der Waals surface area contributed by atoms with E-state index in [2.05, 4.69) is 9.71 Å². The van der Waals surface area contributed by atoms with Crippen LogP contribution in [0.5, 0.6) is 5.75 Å². The van der Waals surface area contributed by atoms with Crippen LogP contribution >= 0.6 is 11.8 Å². The van der Waals surface area contributed by atoms with Crippen molar-refractivity contribution in [2.75, 3.05) is 7.11 Å². The Bertz CT molecular complexity index is 1440. The number of carboxylic acids is 1. The van der Waals surface area contributed by atoms with Gasteiger partial charge in [0, 0.05) is 0 Å². The van der Waals surface area contributed by atoms with E-state index < -0.39 is 27.3 Å². The van der Waals surface area contributed by atoms with Crippen molar-refractivity contribution in [3.8, 4) is 16.9 Å². The first-order valence-electron chi connectivity index (χ1n) is 11.3. The number of oxazole rings is 1. The van der Waals surface area contributed by atoms with Gasteiger partial charge in [-0.15, -0.1) is 11.8 Å². The topological polar surface area (TPSA) is 119 Å². The van der Waals surface area contributed by atoms with Crippen molar-refractivity contribution in [3.63, 3.8) is 0 Å². The van der Waals surface area contributed by atoms with Gasteiger partial charge in [-0.05, 0) is 47.9 Å². The second-order valence-corrected chi connectivity index (χ2v) is 11.0. The van der Waals surface area contributed by atoms with Gasteiger partial charge in [-0.2, -0.15) is 4.72 Å². The number of nitrogens with one attached hydrogen (secondary N) is 1. The van der Waals surface area contributed by atoms with Crippen LogP contribution in [0, 0.1) is 6.92 Å². The monoisotopic (exact) mass is 538 g/mol. The predicted molar refractivity (Wildman–Crippen MR) is 142 cm³/mol. The summed E-state index contributed by atoms with van der Waals surface area (Å²) in [5, 5.41) is 9.33. The number of nitrogens with zero attached hydrogens (tertiary/aromatic N) is 1. The molecule has 8 nitrogen and oxygen atoms in total. The molecule has 1 heterocycles. The molecule has 3 aromatic carbocycles. The lowest BCUT2D eigenvalue weighted by Gasteiger charge is -2.24. The molecule has 1 aromatic heterocycles. The van der Waals surface area contributed by atoms with Crippen LogP contribution in [0.3, 0.4) is 0 Å². The van der Waals surface area contributed by atoms with Gasteiger partial charge in [0.15, 0.2) is 0 Å². The lowest BCUT2D eigenvalue weighted by atomic mass is 10.1. The molecule has 2 atom stereocenters. The van der Waals surface area contributed by atoms with E-state index in [9.17, 15) is 18.3 Å². The van der Waals surface area contributed by atoms with E-state index in [0.717, 1.165) is 16.9 Å². The van der Waals surface area contributed by atoms with Gasteiger partial charge in [-0.25, -0.2) is 13.4 Å². The Balaban J connectivity index is 1.58. The van der Waals surface area contributed by atoms with Crippen LogP contribution in [-0.4, -0.2) is 37.6 Å². The molecule has 10 heteroatoms. The Morgan fingerprint density at radius 2 is 1.65 bits per heavy atom. The molecule has 192 valence electrons. The van der Waals surface area contributed by atoms with Crippen LogP contribution in [0.1, 0.15) is 22.5 Å². The van der Waals surface area contributed by atoms with E-state index in [-0.39, 0.29) is 10.6 Å². The van der Waals surface area contributed by atoms with Crippen LogP contribution in [-0.2, 0) is 20.6 Å². The van der Waals surface area contributed by atoms with Crippen molar-refractivity contribution in [1.29, 1.82) is 0 Å². The highest BCUT2D eigenvalue weighted by Crippen LogP contribution is 2.35. The molecule has 0 aliphatic carbocycles. The molecule has 0 spiro atoms. The molecule has 0 radical (unpaired) electrons. The van der Waals surface area contributed by atoms with E-state index in [1.807, 2.05) is 30.3 Å². The number of carbonyl (C=O) groups is 1. The lowest BCUT2D eigenvalue weighted by molar-refractivity contribution is -0.139. The maximum Gasteiger partial charge on any atom is 0.323 e. The molecule has 0 amide bonds. The zero-order valence-corrected chi connectivity index (χ0v) is 21.8. The van der Waals surface area contributed by atoms with Gasteiger partial charge in [0.05, 0.1) is 29.2 Å². The average Bonchev–Trinajstić information content (AvgIpc) is 3.33. The van der Waals surface area contributed by atoms with E-state index in [4.69, 9.17) is 9.15 Å². The van der Waals surface area contributed by atoms with Crippen molar-refractivity contribution in [2.24, 2.45) is 0 Å². The molecule has 0 unspecified atom stereocenters. The molecule has 2 N–H and O–H groups in total. The molecule has 0 saturated heterocycles. The van der Waals surface area contributed by atoms with E-state index in [0.29, 0.717) is 17.2 Å². The number of sulfonamides is 1. The Morgan fingerprint density at radius 1 is 1.03 bits per heavy atom. The second kappa shape index (κ2) is 11.6. The third-order valence-corrected chi connectivity index (χ3v) is 8.40. The summed E-state index contributed by atoms with van der Waals surface area (Å²) in [5.41, 5.74) is 2.37. The van der Waals surface area contributed by atoms with Crippen molar-refractivity contribution in [3.05, 3.63) is 102 Å². The standard InChI is InChI=1S/C27H26N2O6S2/c1-18-16-28-24(35-18)17-36-26(21-6-4-3-5-7-21)25(27(30)31)29-37(32,33)23-14-10-20(11-15-23)19-8-12-22(34-2)13-9-19/h3-16,25-26,29H,17H2,1-2H3,(H,30,31)/t25-,26-/m1/s1. The van der Waals surface area contributed by atoms with Crippen LogP contribution in [0.4, 0.5) is 0 Å². The van der Waals surface area contributed by atoms with Crippen LogP contribution in [0.2, 0.25) is 0 Å². The van der Waals surface area contributed by atoms with Crippen LogP contribution < -0.4 is 9.46 Å². The predicted octanol–water partition coefficient (Wildman–Crippen LogP) is 5.06. The molecule has 0 aliphatic rings. The fourth-order valence-electron chi connectivity index (χ4n) is 3.74. The summed E-state index contributed by atoms with van der Waals surface area (Å²) in [6.07, 6.45) is 1.58. The second-order valence-electron chi connectivity index (χ2n) is 8.20. The number of hydrogen-bond acceptors (Lipinski definition) is 7. The first-order chi connectivity index (χ1) is 17.8. The molecule has 4 rings (SSSR count). The van der Waals surface area contributed by atoms with Crippen molar-refractivity contribution >= 4 is 27.8 Å². The molecule has 0 aliphatic heterocycles. The number of aryl methyl sites for hydroxylation is 1. The largest absolute Gasteiger partial charge is 0.497 e. The summed E-state index contributed by atoms with van der Waals surface area (Å²) >= 11 is 1.24. The summed E-state index contributed by atoms with van der Waals surface area (Å²) in [7, 11) is -2.56. The van der Waals surface area contributed by atoms with Crippen molar-refractivity contribution in [1.82, 2.24) is 9.71 Å². The lowest BCUT2D eigenvalue weighted by Crippen LogP contribution is -2.44. The minimum atomic E-state index is -4.15. The summed E-state index contributed by atoms with van der Waals surface area (Å²) in [6, 6.07) is 21.1. The Hall–Kier alpha value is -3.60. The third-order valence-electron chi connectivity index (χ3n) is 5.62.